The molecule has 0 saturated carbocycles. The smallest absolute Gasteiger partial charge is 0.0546 e. The van der Waals surface area contributed by atoms with E-state index in [0.717, 1.165) is 22.6 Å². The van der Waals surface area contributed by atoms with E-state index in [2.05, 4.69) is 241 Å². The highest BCUT2D eigenvalue weighted by atomic mass is 15.1. The zero-order valence-electron chi connectivity index (χ0n) is 31.5. The van der Waals surface area contributed by atoms with Crippen molar-refractivity contribution < 1.29 is 0 Å². The molecule has 57 heavy (non-hydrogen) atoms. The minimum atomic E-state index is 1.08. The minimum absolute atomic E-state index is 1.08. The standard InChI is InChI=1S/C56H39N/c1-4-17-40(18-5-1)42-31-33-45(34-32-42)50-28-16-30-55(56(50)53-39-46-23-10-11-24-48(46)51-26-12-13-27-52(51)53)57(47-37-35-43(36-38-47)41-19-6-2-7-20-41)54-29-15-14-25-49(54)44-21-8-3-9-22-44/h1-39H. The SMILES string of the molecule is c1ccc(-c2ccc(-c3cccc(N(c4ccc(-c5ccccc5)cc4)c4ccccc4-c4ccccc4)c3-c3cc4ccccc4c4ccccc34)cc2)cc1. The van der Waals surface area contributed by atoms with E-state index in [1.807, 2.05) is 0 Å². The van der Waals surface area contributed by atoms with Crippen molar-refractivity contribution >= 4 is 38.6 Å². The van der Waals surface area contributed by atoms with Crippen LogP contribution in [0.25, 0.3) is 77.2 Å². The first-order valence-corrected chi connectivity index (χ1v) is 19.6. The van der Waals surface area contributed by atoms with Crippen LogP contribution in [0.15, 0.2) is 237 Å². The third-order valence-electron chi connectivity index (χ3n) is 11.1. The lowest BCUT2D eigenvalue weighted by atomic mass is 9.87. The van der Waals surface area contributed by atoms with Crippen LogP contribution in [0, 0.1) is 0 Å². The van der Waals surface area contributed by atoms with Gasteiger partial charge in [-0.25, -0.2) is 0 Å². The minimum Gasteiger partial charge on any atom is -0.309 e. The molecule has 0 bridgehead atoms. The molecular formula is C56H39N. The first kappa shape index (κ1) is 34.0. The average Bonchev–Trinajstić information content (AvgIpc) is 3.30. The molecule has 10 aromatic rings. The zero-order chi connectivity index (χ0) is 38.0. The Morgan fingerprint density at radius 2 is 0.684 bits per heavy atom. The topological polar surface area (TPSA) is 3.24 Å². The first-order valence-electron chi connectivity index (χ1n) is 19.6. The van der Waals surface area contributed by atoms with Gasteiger partial charge in [-0.15, -0.1) is 0 Å². The summed E-state index contributed by atoms with van der Waals surface area (Å²) >= 11 is 0. The molecule has 0 amide bonds. The van der Waals surface area contributed by atoms with Crippen LogP contribution >= 0.6 is 0 Å². The van der Waals surface area contributed by atoms with Crippen LogP contribution in [0.3, 0.4) is 0 Å². The molecule has 0 heterocycles. The summed E-state index contributed by atoms with van der Waals surface area (Å²) in [6, 6.07) is 85.8. The third-order valence-corrected chi connectivity index (χ3v) is 11.1. The summed E-state index contributed by atoms with van der Waals surface area (Å²) in [4.78, 5) is 2.47. The van der Waals surface area contributed by atoms with Crippen molar-refractivity contribution in [3.8, 4) is 55.6 Å². The second kappa shape index (κ2) is 15.0. The van der Waals surface area contributed by atoms with E-state index in [1.165, 1.54) is 71.6 Å². The average molecular weight is 726 g/mol. The summed E-state index contributed by atoms with van der Waals surface area (Å²) in [7, 11) is 0. The molecule has 10 rings (SSSR count). The Bertz CT molecular complexity index is 2970. The summed E-state index contributed by atoms with van der Waals surface area (Å²) in [6.45, 7) is 0. The first-order chi connectivity index (χ1) is 28.3. The lowest BCUT2D eigenvalue weighted by molar-refractivity contribution is 1.28. The third kappa shape index (κ3) is 6.46. The van der Waals surface area contributed by atoms with Gasteiger partial charge in [-0.05, 0) is 96.4 Å². The van der Waals surface area contributed by atoms with E-state index in [1.54, 1.807) is 0 Å². The van der Waals surface area contributed by atoms with Crippen molar-refractivity contribution in [2.45, 2.75) is 0 Å². The van der Waals surface area contributed by atoms with E-state index < -0.39 is 0 Å². The Morgan fingerprint density at radius 3 is 1.35 bits per heavy atom. The second-order valence-electron chi connectivity index (χ2n) is 14.5. The van der Waals surface area contributed by atoms with Gasteiger partial charge in [-0.1, -0.05) is 206 Å². The Kier molecular flexibility index (Phi) is 8.95. The lowest BCUT2D eigenvalue weighted by Gasteiger charge is -2.31. The van der Waals surface area contributed by atoms with Crippen LogP contribution in [-0.2, 0) is 0 Å². The van der Waals surface area contributed by atoms with Crippen LogP contribution in [0.1, 0.15) is 0 Å². The van der Waals surface area contributed by atoms with Crippen LogP contribution in [0.2, 0.25) is 0 Å². The van der Waals surface area contributed by atoms with Gasteiger partial charge in [-0.2, -0.15) is 0 Å². The molecule has 0 saturated heterocycles. The Balaban J connectivity index is 1.27. The fourth-order valence-electron chi connectivity index (χ4n) is 8.36. The van der Waals surface area contributed by atoms with E-state index in [0.29, 0.717) is 0 Å². The van der Waals surface area contributed by atoms with Gasteiger partial charge in [0.05, 0.1) is 11.4 Å². The van der Waals surface area contributed by atoms with Crippen LogP contribution in [0.4, 0.5) is 17.1 Å². The van der Waals surface area contributed by atoms with Crippen LogP contribution in [0.5, 0.6) is 0 Å². The molecule has 1 heteroatoms. The van der Waals surface area contributed by atoms with Crippen LogP contribution in [-0.4, -0.2) is 0 Å². The van der Waals surface area contributed by atoms with E-state index in [-0.39, 0.29) is 0 Å². The molecule has 0 aliphatic rings. The highest BCUT2D eigenvalue weighted by Gasteiger charge is 2.24. The maximum absolute atomic E-state index is 2.47. The molecule has 1 nitrogen and oxygen atoms in total. The van der Waals surface area contributed by atoms with Crippen molar-refractivity contribution in [3.05, 3.63) is 237 Å². The maximum atomic E-state index is 2.47. The Hall–Kier alpha value is -7.48. The quantitative estimate of drug-likeness (QED) is 0.141. The van der Waals surface area contributed by atoms with Gasteiger partial charge in [0, 0.05) is 16.8 Å². The highest BCUT2D eigenvalue weighted by molar-refractivity contribution is 6.16. The van der Waals surface area contributed by atoms with Crippen molar-refractivity contribution in [2.24, 2.45) is 0 Å². The molecule has 0 fully saturated rings. The van der Waals surface area contributed by atoms with Gasteiger partial charge in [0.25, 0.3) is 0 Å². The van der Waals surface area contributed by atoms with Gasteiger partial charge in [-0.3, -0.25) is 0 Å². The normalized spacial score (nSPS) is 11.2. The molecule has 0 aliphatic heterocycles. The number of benzene rings is 10. The fraction of sp³-hybridized carbons (Fsp3) is 0. The van der Waals surface area contributed by atoms with Gasteiger partial charge in [0.15, 0.2) is 0 Å². The second-order valence-corrected chi connectivity index (χ2v) is 14.5. The molecule has 0 radical (unpaired) electrons. The van der Waals surface area contributed by atoms with Crippen LogP contribution < -0.4 is 4.90 Å². The number of rotatable bonds is 8. The van der Waals surface area contributed by atoms with Gasteiger partial charge >= 0.3 is 0 Å². The Labute approximate surface area is 334 Å². The van der Waals surface area contributed by atoms with Crippen molar-refractivity contribution in [1.82, 2.24) is 0 Å². The number of para-hydroxylation sites is 1. The molecule has 268 valence electrons. The largest absolute Gasteiger partial charge is 0.309 e. The predicted molar refractivity (Wildman–Crippen MR) is 243 cm³/mol. The highest BCUT2D eigenvalue weighted by Crippen LogP contribution is 2.50. The number of nitrogens with zero attached hydrogens (tertiary/aromatic N) is 1. The number of hydrogen-bond acceptors (Lipinski definition) is 1. The molecule has 0 spiro atoms. The predicted octanol–water partition coefficient (Wildman–Crippen LogP) is 15.8. The summed E-state index contributed by atoms with van der Waals surface area (Å²) in [5, 5.41) is 4.94. The summed E-state index contributed by atoms with van der Waals surface area (Å²) < 4.78 is 0. The molecule has 0 unspecified atom stereocenters. The molecule has 0 aliphatic carbocycles. The molecule has 10 aromatic carbocycles. The Morgan fingerprint density at radius 1 is 0.246 bits per heavy atom. The number of anilines is 3. The number of hydrogen-bond donors (Lipinski definition) is 0. The summed E-state index contributed by atoms with van der Waals surface area (Å²) in [5.74, 6) is 0. The number of fused-ring (bicyclic) bond motifs is 3. The van der Waals surface area contributed by atoms with Crippen molar-refractivity contribution in [1.29, 1.82) is 0 Å². The van der Waals surface area contributed by atoms with Gasteiger partial charge < -0.3 is 4.90 Å². The van der Waals surface area contributed by atoms with E-state index >= 15 is 0 Å². The summed E-state index contributed by atoms with van der Waals surface area (Å²) in [5.41, 5.74) is 15.2. The lowest BCUT2D eigenvalue weighted by Crippen LogP contribution is -2.13. The molecule has 0 N–H and O–H groups in total. The van der Waals surface area contributed by atoms with E-state index in [4.69, 9.17) is 0 Å². The monoisotopic (exact) mass is 725 g/mol. The van der Waals surface area contributed by atoms with Gasteiger partial charge in [0.2, 0.25) is 0 Å². The zero-order valence-corrected chi connectivity index (χ0v) is 31.5. The summed E-state index contributed by atoms with van der Waals surface area (Å²) in [6.07, 6.45) is 0. The molecular weight excluding hydrogens is 687 g/mol. The van der Waals surface area contributed by atoms with Crippen molar-refractivity contribution in [3.63, 3.8) is 0 Å². The molecule has 0 aromatic heterocycles. The van der Waals surface area contributed by atoms with E-state index in [9.17, 15) is 0 Å². The van der Waals surface area contributed by atoms with Crippen molar-refractivity contribution in [2.75, 3.05) is 4.90 Å². The molecule has 0 atom stereocenters. The fourth-order valence-corrected chi connectivity index (χ4v) is 8.36. The maximum Gasteiger partial charge on any atom is 0.0546 e. The van der Waals surface area contributed by atoms with Gasteiger partial charge in [0.1, 0.15) is 0 Å².